The summed E-state index contributed by atoms with van der Waals surface area (Å²) < 4.78 is 0. The molecule has 1 amide bonds. The van der Waals surface area contributed by atoms with E-state index in [0.717, 1.165) is 38.6 Å². The highest BCUT2D eigenvalue weighted by Gasteiger charge is 2.43. The van der Waals surface area contributed by atoms with E-state index in [1.807, 2.05) is 11.9 Å². The number of nitrogens with zero attached hydrogens (tertiary/aromatic N) is 1. The fourth-order valence-corrected chi connectivity index (χ4v) is 2.54. The third kappa shape index (κ3) is 1.87. The molecule has 0 atom stereocenters. The van der Waals surface area contributed by atoms with Crippen molar-refractivity contribution in [1.82, 2.24) is 4.90 Å². The molecule has 0 aromatic rings. The van der Waals surface area contributed by atoms with Crippen molar-refractivity contribution in [2.24, 2.45) is 5.41 Å². The average molecular weight is 183 g/mol. The Morgan fingerprint density at radius 2 is 1.85 bits per heavy atom. The van der Waals surface area contributed by atoms with Crippen LogP contribution in [0.25, 0.3) is 0 Å². The summed E-state index contributed by atoms with van der Waals surface area (Å²) in [6.07, 6.45) is 5.47. The van der Waals surface area contributed by atoms with Gasteiger partial charge in [-0.2, -0.15) is 0 Å². The average Bonchev–Trinajstić information content (AvgIpc) is 2.36. The van der Waals surface area contributed by atoms with Crippen LogP contribution < -0.4 is 0 Å². The van der Waals surface area contributed by atoms with Crippen LogP contribution in [0.5, 0.6) is 0 Å². The summed E-state index contributed by atoms with van der Waals surface area (Å²) in [6.45, 7) is 5.30. The summed E-state index contributed by atoms with van der Waals surface area (Å²) in [5, 5.41) is 0. The van der Waals surface area contributed by atoms with E-state index in [2.05, 4.69) is 13.8 Å². The monoisotopic (exact) mass is 183 g/mol. The van der Waals surface area contributed by atoms with E-state index in [0.29, 0.717) is 5.91 Å². The van der Waals surface area contributed by atoms with E-state index in [9.17, 15) is 4.79 Å². The van der Waals surface area contributed by atoms with Gasteiger partial charge in [0.05, 0.1) is 5.41 Å². The summed E-state index contributed by atoms with van der Waals surface area (Å²) in [5.74, 6) is 0.385. The lowest BCUT2D eigenvalue weighted by Crippen LogP contribution is -2.32. The van der Waals surface area contributed by atoms with Crippen LogP contribution in [0.1, 0.15) is 46.0 Å². The molecular formula is C11H21NO. The second kappa shape index (κ2) is 4.12. The number of hydrogen-bond donors (Lipinski definition) is 0. The first kappa shape index (κ1) is 10.6. The molecule has 1 fully saturated rings. The molecule has 0 bridgehead atoms. The summed E-state index contributed by atoms with van der Waals surface area (Å²) in [7, 11) is 1.93. The molecule has 0 spiro atoms. The lowest BCUT2D eigenvalue weighted by Gasteiger charge is -2.26. The summed E-state index contributed by atoms with van der Waals surface area (Å²) in [4.78, 5) is 13.8. The number of rotatable bonds is 4. The van der Waals surface area contributed by atoms with Gasteiger partial charge in [-0.15, -0.1) is 0 Å². The topological polar surface area (TPSA) is 20.3 Å². The number of amides is 1. The van der Waals surface area contributed by atoms with Gasteiger partial charge >= 0.3 is 0 Å². The second-order valence-corrected chi connectivity index (χ2v) is 4.26. The summed E-state index contributed by atoms with van der Waals surface area (Å²) in [5.41, 5.74) is 0.0122. The maximum Gasteiger partial charge on any atom is 0.228 e. The van der Waals surface area contributed by atoms with Crippen molar-refractivity contribution >= 4 is 5.91 Å². The first-order chi connectivity index (χ1) is 6.16. The van der Waals surface area contributed by atoms with E-state index in [1.165, 1.54) is 0 Å². The Morgan fingerprint density at radius 1 is 1.31 bits per heavy atom. The van der Waals surface area contributed by atoms with Crippen LogP contribution >= 0.6 is 0 Å². The van der Waals surface area contributed by atoms with Gasteiger partial charge in [-0.05, 0) is 19.3 Å². The molecule has 0 radical (unpaired) electrons. The molecule has 76 valence electrons. The summed E-state index contributed by atoms with van der Waals surface area (Å²) in [6, 6.07) is 0. The summed E-state index contributed by atoms with van der Waals surface area (Å²) >= 11 is 0. The van der Waals surface area contributed by atoms with Crippen molar-refractivity contribution in [1.29, 1.82) is 0 Å². The fraction of sp³-hybridized carbons (Fsp3) is 0.909. The minimum Gasteiger partial charge on any atom is -0.345 e. The molecule has 1 saturated heterocycles. The fourth-order valence-electron chi connectivity index (χ4n) is 2.54. The van der Waals surface area contributed by atoms with Crippen LogP contribution in [0.2, 0.25) is 0 Å². The molecule has 2 nitrogen and oxygen atoms in total. The SMILES string of the molecule is CCCC1(CCC)CCN(C)C1=O. The van der Waals surface area contributed by atoms with E-state index in [1.54, 1.807) is 0 Å². The van der Waals surface area contributed by atoms with Gasteiger partial charge in [0.2, 0.25) is 5.91 Å². The molecule has 2 heteroatoms. The number of hydrogen-bond acceptors (Lipinski definition) is 1. The lowest BCUT2D eigenvalue weighted by molar-refractivity contribution is -0.135. The predicted molar refractivity (Wildman–Crippen MR) is 54.5 cm³/mol. The third-order valence-electron chi connectivity index (χ3n) is 3.18. The highest BCUT2D eigenvalue weighted by atomic mass is 16.2. The van der Waals surface area contributed by atoms with Crippen molar-refractivity contribution in [2.75, 3.05) is 13.6 Å². The van der Waals surface area contributed by atoms with Gasteiger partial charge in [0, 0.05) is 13.6 Å². The highest BCUT2D eigenvalue weighted by Crippen LogP contribution is 2.39. The molecule has 0 saturated carbocycles. The number of carbonyl (C=O) groups is 1. The van der Waals surface area contributed by atoms with Crippen molar-refractivity contribution in [2.45, 2.75) is 46.0 Å². The molecule has 0 unspecified atom stereocenters. The van der Waals surface area contributed by atoms with Gasteiger partial charge in [0.25, 0.3) is 0 Å². The molecule has 0 aliphatic carbocycles. The first-order valence-electron chi connectivity index (χ1n) is 5.42. The zero-order chi connectivity index (χ0) is 9.90. The van der Waals surface area contributed by atoms with Gasteiger partial charge in [-0.3, -0.25) is 4.79 Å². The van der Waals surface area contributed by atoms with Crippen molar-refractivity contribution in [3.05, 3.63) is 0 Å². The molecule has 0 N–H and O–H groups in total. The van der Waals surface area contributed by atoms with Crippen molar-refractivity contribution < 1.29 is 4.79 Å². The Kier molecular flexibility index (Phi) is 3.34. The van der Waals surface area contributed by atoms with E-state index < -0.39 is 0 Å². The van der Waals surface area contributed by atoms with Crippen LogP contribution in [-0.2, 0) is 4.79 Å². The van der Waals surface area contributed by atoms with E-state index in [-0.39, 0.29) is 5.41 Å². The first-order valence-corrected chi connectivity index (χ1v) is 5.42. The smallest absolute Gasteiger partial charge is 0.228 e. The van der Waals surface area contributed by atoms with Crippen molar-refractivity contribution in [3.8, 4) is 0 Å². The normalized spacial score (nSPS) is 21.2. The van der Waals surface area contributed by atoms with Gasteiger partial charge in [0.15, 0.2) is 0 Å². The molecule has 0 aromatic heterocycles. The van der Waals surface area contributed by atoms with Gasteiger partial charge in [-0.1, -0.05) is 26.7 Å². The second-order valence-electron chi connectivity index (χ2n) is 4.26. The Bertz CT molecular complexity index is 177. The molecule has 1 heterocycles. The van der Waals surface area contributed by atoms with Crippen LogP contribution in [0.3, 0.4) is 0 Å². The van der Waals surface area contributed by atoms with Gasteiger partial charge in [0.1, 0.15) is 0 Å². The largest absolute Gasteiger partial charge is 0.345 e. The van der Waals surface area contributed by atoms with Crippen LogP contribution in [0, 0.1) is 5.41 Å². The third-order valence-corrected chi connectivity index (χ3v) is 3.18. The highest BCUT2D eigenvalue weighted by molar-refractivity contribution is 5.84. The Balaban J connectivity index is 2.72. The maximum absolute atomic E-state index is 11.9. The Morgan fingerprint density at radius 3 is 2.15 bits per heavy atom. The number of likely N-dealkylation sites (tertiary alicyclic amines) is 1. The van der Waals surface area contributed by atoms with Crippen molar-refractivity contribution in [3.63, 3.8) is 0 Å². The molecule has 13 heavy (non-hydrogen) atoms. The Hall–Kier alpha value is -0.530. The molecule has 1 aliphatic rings. The van der Waals surface area contributed by atoms with Gasteiger partial charge in [-0.25, -0.2) is 0 Å². The molecule has 0 aromatic carbocycles. The van der Waals surface area contributed by atoms with E-state index in [4.69, 9.17) is 0 Å². The number of carbonyl (C=O) groups excluding carboxylic acids is 1. The Labute approximate surface area is 81.3 Å². The van der Waals surface area contributed by atoms with E-state index >= 15 is 0 Å². The molecule has 1 rings (SSSR count). The van der Waals surface area contributed by atoms with Crippen LogP contribution in [0.4, 0.5) is 0 Å². The van der Waals surface area contributed by atoms with Crippen LogP contribution in [0.15, 0.2) is 0 Å². The minimum absolute atomic E-state index is 0.0122. The lowest BCUT2D eigenvalue weighted by atomic mass is 9.78. The van der Waals surface area contributed by atoms with Gasteiger partial charge < -0.3 is 4.90 Å². The van der Waals surface area contributed by atoms with Crippen LogP contribution in [-0.4, -0.2) is 24.4 Å². The molecular weight excluding hydrogens is 162 g/mol. The quantitative estimate of drug-likeness (QED) is 0.655. The predicted octanol–water partition coefficient (Wildman–Crippen LogP) is 2.44. The molecule has 1 aliphatic heterocycles. The zero-order valence-electron chi connectivity index (χ0n) is 9.10. The standard InChI is InChI=1S/C11H21NO/c1-4-6-11(7-5-2)8-9-12(3)10(11)13/h4-9H2,1-3H3. The minimum atomic E-state index is 0.0122. The zero-order valence-corrected chi connectivity index (χ0v) is 9.10. The maximum atomic E-state index is 11.9.